The predicted molar refractivity (Wildman–Crippen MR) is 151 cm³/mol. The van der Waals surface area contributed by atoms with Crippen molar-refractivity contribution in [3.8, 4) is 0 Å². The third kappa shape index (κ3) is 4.13. The molecule has 8 heteroatoms. The molecule has 200 valence electrons. The minimum atomic E-state index is -0.410. The quantitative estimate of drug-likeness (QED) is 0.310. The average Bonchev–Trinajstić information content (AvgIpc) is 3.69. The second-order valence-electron chi connectivity index (χ2n) is 11.7. The number of para-hydroxylation sites is 1. The van der Waals surface area contributed by atoms with E-state index in [2.05, 4.69) is 52.2 Å². The van der Waals surface area contributed by atoms with Crippen molar-refractivity contribution in [3.63, 3.8) is 0 Å². The van der Waals surface area contributed by atoms with E-state index in [1.165, 1.54) is 23.9 Å². The molecule has 0 amide bonds. The molecule has 1 spiro atoms. The average molecular weight is 528 g/mol. The molecular formula is C31H33F2N6+. The summed E-state index contributed by atoms with van der Waals surface area (Å²) in [4.78, 5) is 19.3. The summed E-state index contributed by atoms with van der Waals surface area (Å²) in [5.41, 5.74) is 3.54. The Morgan fingerprint density at radius 1 is 0.923 bits per heavy atom. The Morgan fingerprint density at radius 2 is 1.72 bits per heavy atom. The van der Waals surface area contributed by atoms with Gasteiger partial charge in [-0.25, -0.2) is 18.7 Å². The van der Waals surface area contributed by atoms with E-state index in [1.54, 1.807) is 6.33 Å². The molecule has 7 rings (SSSR count). The highest BCUT2D eigenvalue weighted by molar-refractivity contribution is 5.86. The molecule has 2 aromatic heterocycles. The number of likely N-dealkylation sites (tertiary alicyclic amines) is 1. The maximum absolute atomic E-state index is 14.9. The van der Waals surface area contributed by atoms with Crippen LogP contribution in [0.5, 0.6) is 0 Å². The van der Waals surface area contributed by atoms with Crippen molar-refractivity contribution in [2.45, 2.75) is 31.7 Å². The van der Waals surface area contributed by atoms with Crippen molar-refractivity contribution in [1.29, 1.82) is 0 Å². The van der Waals surface area contributed by atoms with Crippen LogP contribution in [0.4, 0.5) is 26.1 Å². The Kier molecular flexibility index (Phi) is 5.77. The summed E-state index contributed by atoms with van der Waals surface area (Å²) >= 11 is 0. The standard InChI is InChI=1S/C31H33F2N6/c1-39(17-5-8-27(39)24-18-22(32)9-10-25(24)33)28-12-11-26-29(36-28)30(35-21-34-26)38-16-14-31(20-38)13-15-37(19-31)23-6-3-2-4-7-23/h2-4,6-7,9-12,18,21,27H,5,8,13-17,19-20H2,1H3/q+1. The highest BCUT2D eigenvalue weighted by atomic mass is 19.1. The van der Waals surface area contributed by atoms with E-state index in [4.69, 9.17) is 9.97 Å². The van der Waals surface area contributed by atoms with Gasteiger partial charge < -0.3 is 9.80 Å². The Balaban J connectivity index is 1.20. The van der Waals surface area contributed by atoms with Crippen LogP contribution < -0.4 is 14.3 Å². The summed E-state index contributed by atoms with van der Waals surface area (Å²) in [5, 5.41) is 0. The van der Waals surface area contributed by atoms with Gasteiger partial charge in [0.15, 0.2) is 5.82 Å². The monoisotopic (exact) mass is 527 g/mol. The summed E-state index contributed by atoms with van der Waals surface area (Å²) in [6.45, 7) is 4.80. The minimum Gasteiger partial charge on any atom is -0.371 e. The maximum Gasteiger partial charge on any atom is 0.228 e. The molecule has 5 heterocycles. The van der Waals surface area contributed by atoms with Crippen LogP contribution in [0.1, 0.15) is 37.3 Å². The predicted octanol–water partition coefficient (Wildman–Crippen LogP) is 5.88. The van der Waals surface area contributed by atoms with Crippen LogP contribution >= 0.6 is 0 Å². The first-order chi connectivity index (χ1) is 18.9. The van der Waals surface area contributed by atoms with Crippen LogP contribution in [0.25, 0.3) is 11.0 Å². The highest BCUT2D eigenvalue weighted by Gasteiger charge is 2.46. The number of hydrogen-bond acceptors (Lipinski definition) is 5. The molecule has 3 unspecified atom stereocenters. The first kappa shape index (κ1) is 24.4. The Morgan fingerprint density at radius 3 is 2.56 bits per heavy atom. The van der Waals surface area contributed by atoms with Gasteiger partial charge in [-0.2, -0.15) is 4.98 Å². The minimum absolute atomic E-state index is 0.198. The molecule has 6 nitrogen and oxygen atoms in total. The van der Waals surface area contributed by atoms with E-state index in [-0.39, 0.29) is 17.3 Å². The van der Waals surface area contributed by atoms with Gasteiger partial charge in [0.05, 0.1) is 19.1 Å². The fourth-order valence-electron chi connectivity index (χ4n) is 7.24. The van der Waals surface area contributed by atoms with Crippen LogP contribution in [0.2, 0.25) is 0 Å². The van der Waals surface area contributed by atoms with E-state index in [0.29, 0.717) is 10.0 Å². The van der Waals surface area contributed by atoms with Crippen molar-refractivity contribution < 1.29 is 8.78 Å². The Hall–Kier alpha value is -3.65. The molecule has 4 aromatic rings. The summed E-state index contributed by atoms with van der Waals surface area (Å²) < 4.78 is 29.4. The molecule has 0 radical (unpaired) electrons. The molecule has 3 saturated heterocycles. The molecule has 3 aliphatic heterocycles. The zero-order chi connectivity index (χ0) is 26.6. The van der Waals surface area contributed by atoms with E-state index in [0.717, 1.165) is 81.1 Å². The van der Waals surface area contributed by atoms with Gasteiger partial charge in [-0.1, -0.05) is 18.2 Å². The number of nitrogens with zero attached hydrogens (tertiary/aromatic N) is 6. The molecule has 3 fully saturated rings. The van der Waals surface area contributed by atoms with Gasteiger partial charge in [-0.15, -0.1) is 0 Å². The van der Waals surface area contributed by atoms with Gasteiger partial charge in [0.25, 0.3) is 0 Å². The van der Waals surface area contributed by atoms with Crippen molar-refractivity contribution in [1.82, 2.24) is 19.4 Å². The Labute approximate surface area is 227 Å². The van der Waals surface area contributed by atoms with Gasteiger partial charge in [0.2, 0.25) is 5.82 Å². The zero-order valence-corrected chi connectivity index (χ0v) is 22.2. The largest absolute Gasteiger partial charge is 0.371 e. The third-order valence-corrected chi connectivity index (χ3v) is 9.37. The molecule has 0 N–H and O–H groups in total. The molecule has 0 saturated carbocycles. The molecular weight excluding hydrogens is 494 g/mol. The zero-order valence-electron chi connectivity index (χ0n) is 22.2. The number of anilines is 2. The number of fused-ring (bicyclic) bond motifs is 1. The molecule has 3 aliphatic rings. The lowest BCUT2D eigenvalue weighted by atomic mass is 9.86. The fourth-order valence-corrected chi connectivity index (χ4v) is 7.24. The number of benzene rings is 2. The highest BCUT2D eigenvalue weighted by Crippen LogP contribution is 2.45. The molecule has 0 bridgehead atoms. The van der Waals surface area contributed by atoms with Gasteiger partial charge in [0.1, 0.15) is 29.5 Å². The smallest absolute Gasteiger partial charge is 0.228 e. The van der Waals surface area contributed by atoms with Crippen molar-refractivity contribution in [2.24, 2.45) is 5.41 Å². The lowest BCUT2D eigenvalue weighted by Crippen LogP contribution is -2.45. The number of aromatic nitrogens is 3. The molecule has 3 atom stereocenters. The van der Waals surface area contributed by atoms with Crippen molar-refractivity contribution in [2.75, 3.05) is 49.6 Å². The second kappa shape index (κ2) is 9.23. The summed E-state index contributed by atoms with van der Waals surface area (Å²) in [7, 11) is 2.08. The van der Waals surface area contributed by atoms with Crippen molar-refractivity contribution in [3.05, 3.63) is 84.2 Å². The number of hydrogen-bond donors (Lipinski definition) is 0. The second-order valence-corrected chi connectivity index (χ2v) is 11.7. The number of quaternary nitrogens is 1. The molecule has 2 aromatic carbocycles. The first-order valence-corrected chi connectivity index (χ1v) is 13.9. The topological polar surface area (TPSA) is 45.2 Å². The summed E-state index contributed by atoms with van der Waals surface area (Å²) in [5.74, 6) is 0.944. The van der Waals surface area contributed by atoms with Crippen LogP contribution in [-0.4, -0.2) is 54.7 Å². The number of rotatable bonds is 4. The number of halogens is 2. The number of pyridine rings is 1. The fraction of sp³-hybridized carbons (Fsp3) is 0.387. The maximum atomic E-state index is 14.9. The first-order valence-electron chi connectivity index (χ1n) is 13.9. The lowest BCUT2D eigenvalue weighted by molar-refractivity contribution is 0.298. The van der Waals surface area contributed by atoms with E-state index < -0.39 is 5.82 Å². The van der Waals surface area contributed by atoms with E-state index in [9.17, 15) is 8.78 Å². The third-order valence-electron chi connectivity index (χ3n) is 9.37. The van der Waals surface area contributed by atoms with Gasteiger partial charge in [-0.05, 0) is 49.2 Å². The lowest BCUT2D eigenvalue weighted by Gasteiger charge is -2.35. The van der Waals surface area contributed by atoms with Crippen LogP contribution in [0, 0.1) is 17.0 Å². The van der Waals surface area contributed by atoms with Crippen LogP contribution in [0.3, 0.4) is 0 Å². The summed E-state index contributed by atoms with van der Waals surface area (Å²) in [6, 6.07) is 18.2. The Bertz CT molecular complexity index is 1530. The molecule has 39 heavy (non-hydrogen) atoms. The molecule has 0 aliphatic carbocycles. The van der Waals surface area contributed by atoms with Gasteiger partial charge in [0, 0.05) is 61.8 Å². The summed E-state index contributed by atoms with van der Waals surface area (Å²) in [6.07, 6.45) is 5.61. The van der Waals surface area contributed by atoms with E-state index >= 15 is 0 Å². The van der Waals surface area contributed by atoms with Gasteiger partial charge in [-0.3, -0.25) is 4.48 Å². The van der Waals surface area contributed by atoms with Crippen LogP contribution in [0.15, 0.2) is 67.0 Å². The normalized spacial score (nSPS) is 26.8. The SMILES string of the molecule is C[N+]1(c2ccc3ncnc(N4CCC5(CCN(c6ccccc6)C5)C4)c3n2)CCCC1c1cc(F)ccc1F. The van der Waals surface area contributed by atoms with Crippen LogP contribution in [-0.2, 0) is 0 Å². The van der Waals surface area contributed by atoms with Crippen molar-refractivity contribution >= 4 is 28.4 Å². The van der Waals surface area contributed by atoms with E-state index in [1.807, 2.05) is 12.1 Å². The van der Waals surface area contributed by atoms with Gasteiger partial charge >= 0.3 is 0 Å².